The van der Waals surface area contributed by atoms with Gasteiger partial charge in [0, 0.05) is 19.0 Å². The van der Waals surface area contributed by atoms with Crippen molar-refractivity contribution in [2.45, 2.75) is 57.1 Å². The van der Waals surface area contributed by atoms with Crippen LogP contribution in [0.3, 0.4) is 0 Å². The Morgan fingerprint density at radius 1 is 0.778 bits per heavy atom. The van der Waals surface area contributed by atoms with Crippen molar-refractivity contribution in [1.82, 2.24) is 10.2 Å². The second-order valence-corrected chi connectivity index (χ2v) is 12.6. The summed E-state index contributed by atoms with van der Waals surface area (Å²) < 4.78 is 34.9. The number of carbonyl (C=O) groups is 2. The number of nitrogens with one attached hydrogen (secondary N) is 1. The van der Waals surface area contributed by atoms with E-state index in [1.54, 1.807) is 42.5 Å². The van der Waals surface area contributed by atoms with Crippen LogP contribution in [0.15, 0.2) is 120 Å². The predicted octanol–water partition coefficient (Wildman–Crippen LogP) is 5.84. The minimum absolute atomic E-state index is 0.0209. The predicted molar refractivity (Wildman–Crippen MR) is 177 cm³/mol. The summed E-state index contributed by atoms with van der Waals surface area (Å²) in [6.07, 6.45) is 0.983. The van der Waals surface area contributed by atoms with Crippen molar-refractivity contribution in [2.24, 2.45) is 0 Å². The summed E-state index contributed by atoms with van der Waals surface area (Å²) in [5.74, 6) is -0.250. The molecule has 0 saturated carbocycles. The maximum absolute atomic E-state index is 14.5. The van der Waals surface area contributed by atoms with Gasteiger partial charge in [0.05, 0.1) is 17.2 Å². The van der Waals surface area contributed by atoms with Crippen molar-refractivity contribution in [3.63, 3.8) is 0 Å². The first kappa shape index (κ1) is 33.3. The van der Waals surface area contributed by atoms with E-state index in [1.165, 1.54) is 17.0 Å². The number of anilines is 1. The van der Waals surface area contributed by atoms with Gasteiger partial charge in [-0.25, -0.2) is 8.42 Å². The highest BCUT2D eigenvalue weighted by Crippen LogP contribution is 2.26. The average Bonchev–Trinajstić information content (AvgIpc) is 3.06. The highest BCUT2D eigenvalue weighted by molar-refractivity contribution is 7.92. The minimum atomic E-state index is -4.19. The van der Waals surface area contributed by atoms with Crippen LogP contribution in [0.5, 0.6) is 5.75 Å². The minimum Gasteiger partial charge on any atom is -0.494 e. The molecule has 0 heterocycles. The molecule has 2 atom stereocenters. The Bertz CT molecular complexity index is 1620. The molecule has 236 valence electrons. The molecule has 2 unspecified atom stereocenters. The van der Waals surface area contributed by atoms with Crippen LogP contribution in [0.25, 0.3) is 0 Å². The number of sulfonamides is 1. The number of ether oxygens (including phenoxy) is 1. The van der Waals surface area contributed by atoms with Crippen molar-refractivity contribution < 1.29 is 22.7 Å². The molecule has 2 amide bonds. The third kappa shape index (κ3) is 8.95. The van der Waals surface area contributed by atoms with Crippen LogP contribution in [-0.2, 0) is 32.6 Å². The van der Waals surface area contributed by atoms with Crippen LogP contribution in [0.2, 0.25) is 0 Å². The number of rotatable bonds is 15. The first-order valence-corrected chi connectivity index (χ1v) is 16.6. The quantitative estimate of drug-likeness (QED) is 0.179. The zero-order chi connectivity index (χ0) is 32.2. The molecule has 0 saturated heterocycles. The maximum Gasteiger partial charge on any atom is 0.264 e. The van der Waals surface area contributed by atoms with Gasteiger partial charge >= 0.3 is 0 Å². The number of hydrogen-bond acceptors (Lipinski definition) is 5. The average molecular weight is 628 g/mol. The molecule has 0 aliphatic heterocycles. The molecule has 0 aromatic heterocycles. The van der Waals surface area contributed by atoms with Crippen molar-refractivity contribution in [3.05, 3.63) is 126 Å². The lowest BCUT2D eigenvalue weighted by molar-refractivity contribution is -0.140. The van der Waals surface area contributed by atoms with Crippen molar-refractivity contribution in [3.8, 4) is 5.75 Å². The Hall–Kier alpha value is -4.63. The fraction of sp³-hybridized carbons (Fsp3) is 0.278. The van der Waals surface area contributed by atoms with E-state index in [1.807, 2.05) is 81.4 Å². The summed E-state index contributed by atoms with van der Waals surface area (Å²) in [6.45, 7) is 5.81. The molecule has 0 aliphatic carbocycles. The van der Waals surface area contributed by atoms with Crippen molar-refractivity contribution in [1.29, 1.82) is 0 Å². The first-order valence-electron chi connectivity index (χ1n) is 15.2. The van der Waals surface area contributed by atoms with Gasteiger partial charge in [0.1, 0.15) is 18.3 Å². The molecule has 45 heavy (non-hydrogen) atoms. The van der Waals surface area contributed by atoms with Crippen LogP contribution in [0.1, 0.15) is 38.3 Å². The Balaban J connectivity index is 1.76. The number of hydrogen-bond donors (Lipinski definition) is 1. The van der Waals surface area contributed by atoms with Crippen LogP contribution in [0.4, 0.5) is 5.69 Å². The Morgan fingerprint density at radius 3 is 1.89 bits per heavy atom. The highest BCUT2D eigenvalue weighted by atomic mass is 32.2. The molecule has 0 radical (unpaired) electrons. The van der Waals surface area contributed by atoms with Crippen LogP contribution in [-0.4, -0.2) is 50.4 Å². The van der Waals surface area contributed by atoms with Crippen LogP contribution in [0, 0.1) is 0 Å². The largest absolute Gasteiger partial charge is 0.494 e. The molecule has 9 heteroatoms. The van der Waals surface area contributed by atoms with E-state index in [2.05, 4.69) is 5.32 Å². The molecular weight excluding hydrogens is 586 g/mol. The van der Waals surface area contributed by atoms with Crippen LogP contribution >= 0.6 is 0 Å². The molecule has 0 spiro atoms. The van der Waals surface area contributed by atoms with Gasteiger partial charge in [-0.05, 0) is 67.8 Å². The van der Waals surface area contributed by atoms with E-state index in [4.69, 9.17) is 4.74 Å². The molecule has 1 N–H and O–H groups in total. The standard InChI is InChI=1S/C36H41N3O5S/c1-4-28(3)37-36(41)34(25-29-15-9-6-10-16-29)38(26-30-17-11-7-12-18-30)35(40)27-39(31-19-13-8-14-20-31)45(42,43)33-23-21-32(22-24-33)44-5-2/h6-24,28,34H,4-5,25-27H2,1-3H3,(H,37,41). The first-order chi connectivity index (χ1) is 21.7. The summed E-state index contributed by atoms with van der Waals surface area (Å²) in [5, 5.41) is 3.05. The molecule has 4 rings (SSSR count). The monoisotopic (exact) mass is 627 g/mol. The van der Waals surface area contributed by atoms with Gasteiger partial charge in [-0.1, -0.05) is 85.8 Å². The number of para-hydroxylation sites is 1. The van der Waals surface area contributed by atoms with Gasteiger partial charge in [-0.15, -0.1) is 0 Å². The molecule has 8 nitrogen and oxygen atoms in total. The van der Waals surface area contributed by atoms with Gasteiger partial charge in [-0.3, -0.25) is 13.9 Å². The lowest BCUT2D eigenvalue weighted by atomic mass is 10.0. The second kappa shape index (κ2) is 15.9. The topological polar surface area (TPSA) is 96.0 Å². The normalized spacial score (nSPS) is 12.5. The molecule has 0 bridgehead atoms. The molecule has 4 aromatic carbocycles. The van der Waals surface area contributed by atoms with Gasteiger partial charge in [0.2, 0.25) is 11.8 Å². The van der Waals surface area contributed by atoms with Crippen molar-refractivity contribution >= 4 is 27.5 Å². The summed E-state index contributed by atoms with van der Waals surface area (Å²) >= 11 is 0. The molecular formula is C36H41N3O5S. The fourth-order valence-electron chi connectivity index (χ4n) is 4.90. The lowest BCUT2D eigenvalue weighted by Gasteiger charge is -2.34. The Labute approximate surface area is 266 Å². The van der Waals surface area contributed by atoms with E-state index in [9.17, 15) is 18.0 Å². The van der Waals surface area contributed by atoms with E-state index in [0.717, 1.165) is 21.9 Å². The van der Waals surface area contributed by atoms with Gasteiger partial charge in [0.15, 0.2) is 0 Å². The number of benzene rings is 4. The highest BCUT2D eigenvalue weighted by Gasteiger charge is 2.35. The summed E-state index contributed by atoms with van der Waals surface area (Å²) in [6, 6.07) is 32.6. The number of carbonyl (C=O) groups excluding carboxylic acids is 2. The second-order valence-electron chi connectivity index (χ2n) is 10.8. The number of amides is 2. The van der Waals surface area contributed by atoms with Gasteiger partial charge in [0.25, 0.3) is 10.0 Å². The summed E-state index contributed by atoms with van der Waals surface area (Å²) in [5.41, 5.74) is 2.04. The third-order valence-electron chi connectivity index (χ3n) is 7.51. The number of nitrogens with zero attached hydrogens (tertiary/aromatic N) is 2. The van der Waals surface area contributed by atoms with Crippen LogP contribution < -0.4 is 14.4 Å². The third-order valence-corrected chi connectivity index (χ3v) is 9.30. The summed E-state index contributed by atoms with van der Waals surface area (Å²) in [4.78, 5) is 29.8. The Morgan fingerprint density at radius 2 is 1.33 bits per heavy atom. The zero-order valence-corrected chi connectivity index (χ0v) is 26.8. The van der Waals surface area contributed by atoms with E-state index in [-0.39, 0.29) is 29.8 Å². The van der Waals surface area contributed by atoms with Gasteiger partial charge in [-0.2, -0.15) is 0 Å². The van der Waals surface area contributed by atoms with Crippen molar-refractivity contribution in [2.75, 3.05) is 17.5 Å². The summed E-state index contributed by atoms with van der Waals surface area (Å²) in [7, 11) is -4.19. The smallest absolute Gasteiger partial charge is 0.264 e. The molecule has 0 fully saturated rings. The SMILES string of the molecule is CCOc1ccc(S(=O)(=O)N(CC(=O)N(Cc2ccccc2)C(Cc2ccccc2)C(=O)NC(C)CC)c2ccccc2)cc1. The van der Waals surface area contributed by atoms with E-state index in [0.29, 0.717) is 18.0 Å². The lowest BCUT2D eigenvalue weighted by Crippen LogP contribution is -2.54. The van der Waals surface area contributed by atoms with E-state index < -0.39 is 28.5 Å². The molecule has 0 aliphatic rings. The van der Waals surface area contributed by atoms with E-state index >= 15 is 0 Å². The molecule has 4 aromatic rings. The maximum atomic E-state index is 14.5. The fourth-order valence-corrected chi connectivity index (χ4v) is 6.31. The van der Waals surface area contributed by atoms with Gasteiger partial charge < -0.3 is 15.0 Å². The Kier molecular flexibility index (Phi) is 11.8. The zero-order valence-electron chi connectivity index (χ0n) is 26.0.